The number of rotatable bonds is 1. The molecule has 0 aromatic carbocycles. The van der Waals surface area contributed by atoms with Crippen LogP contribution in [0.25, 0.3) is 5.32 Å². The molecule has 0 aromatic heterocycles. The van der Waals surface area contributed by atoms with E-state index in [0.29, 0.717) is 6.04 Å². The molecule has 2 fully saturated rings. The summed E-state index contributed by atoms with van der Waals surface area (Å²) in [5.74, 6) is 0. The molecular formula is C8H15N2Rb. The van der Waals surface area contributed by atoms with Crippen molar-refractivity contribution >= 4 is 0 Å². The summed E-state index contributed by atoms with van der Waals surface area (Å²) in [7, 11) is 0. The maximum absolute atomic E-state index is 4.49. The molecule has 2 saturated heterocycles. The van der Waals surface area contributed by atoms with Gasteiger partial charge in [-0.15, -0.1) is 12.6 Å². The molecule has 0 spiro atoms. The Balaban J connectivity index is 0.000000605. The van der Waals surface area contributed by atoms with Gasteiger partial charge in [-0.3, -0.25) is 0 Å². The van der Waals surface area contributed by atoms with E-state index in [1.54, 1.807) is 0 Å². The average Bonchev–Trinajstić information content (AvgIpc) is 2.44. The number of fused-ring (bicyclic) bond motifs is 2. The molecule has 58 valence electrons. The van der Waals surface area contributed by atoms with Crippen LogP contribution < -0.4 is 58.2 Å². The Morgan fingerprint density at radius 1 is 1.45 bits per heavy atom. The molecular weight excluding hydrogens is 210 g/mol. The van der Waals surface area contributed by atoms with Crippen molar-refractivity contribution in [3.63, 3.8) is 0 Å². The molecule has 11 heavy (non-hydrogen) atoms. The first kappa shape index (κ1) is 10.8. The van der Waals surface area contributed by atoms with Crippen LogP contribution in [0, 0.1) is 0 Å². The van der Waals surface area contributed by atoms with Gasteiger partial charge in [0.05, 0.1) is 0 Å². The third-order valence-electron chi connectivity index (χ3n) is 2.67. The standard InChI is InChI=1S/C8H15N2.Rb/c1-6(2)10-5-7-3-8(10)4-9-7;/h6-8H,3-5H2,1-2H3;/q-1;+1. The van der Waals surface area contributed by atoms with Gasteiger partial charge in [0.2, 0.25) is 0 Å². The van der Waals surface area contributed by atoms with Gasteiger partial charge in [0.25, 0.3) is 0 Å². The van der Waals surface area contributed by atoms with Crippen LogP contribution in [0.3, 0.4) is 0 Å². The van der Waals surface area contributed by atoms with Crippen molar-refractivity contribution in [3.8, 4) is 0 Å². The van der Waals surface area contributed by atoms with Crippen molar-refractivity contribution in [3.05, 3.63) is 5.32 Å². The van der Waals surface area contributed by atoms with Crippen LogP contribution in [-0.2, 0) is 0 Å². The van der Waals surface area contributed by atoms with E-state index < -0.39 is 0 Å². The monoisotopic (exact) mass is 224 g/mol. The fourth-order valence-corrected chi connectivity index (χ4v) is 2.13. The van der Waals surface area contributed by atoms with Crippen molar-refractivity contribution < 1.29 is 58.2 Å². The summed E-state index contributed by atoms with van der Waals surface area (Å²) < 4.78 is 0. The Hall–Kier alpha value is 1.73. The molecule has 0 N–H and O–H groups in total. The van der Waals surface area contributed by atoms with Gasteiger partial charge in [-0.25, -0.2) is 0 Å². The van der Waals surface area contributed by atoms with E-state index in [2.05, 4.69) is 24.1 Å². The van der Waals surface area contributed by atoms with E-state index in [-0.39, 0.29) is 58.2 Å². The molecule has 2 aliphatic rings. The molecule has 2 heterocycles. The van der Waals surface area contributed by atoms with Gasteiger partial charge in [0.1, 0.15) is 0 Å². The molecule has 2 rings (SSSR count). The van der Waals surface area contributed by atoms with Gasteiger partial charge >= 0.3 is 58.2 Å². The van der Waals surface area contributed by atoms with Crippen LogP contribution in [0.2, 0.25) is 0 Å². The van der Waals surface area contributed by atoms with Gasteiger partial charge in [0, 0.05) is 6.04 Å². The van der Waals surface area contributed by atoms with Gasteiger partial charge in [-0.2, -0.15) is 0 Å². The summed E-state index contributed by atoms with van der Waals surface area (Å²) in [6, 6.07) is 2.21. The Bertz CT molecular complexity index is 138. The molecule has 0 radical (unpaired) electrons. The quantitative estimate of drug-likeness (QED) is 0.516. The summed E-state index contributed by atoms with van der Waals surface area (Å²) in [6.07, 6.45) is 1.33. The fourth-order valence-electron chi connectivity index (χ4n) is 2.13. The van der Waals surface area contributed by atoms with Crippen LogP contribution in [0.15, 0.2) is 0 Å². The third kappa shape index (κ3) is 2.15. The van der Waals surface area contributed by atoms with Crippen LogP contribution in [0.5, 0.6) is 0 Å². The zero-order valence-electron chi connectivity index (χ0n) is 7.75. The zero-order chi connectivity index (χ0) is 7.14. The number of piperazine rings is 1. The molecule has 0 saturated carbocycles. The molecule has 0 aromatic rings. The normalized spacial score (nSPS) is 36.3. The summed E-state index contributed by atoms with van der Waals surface area (Å²) in [5.41, 5.74) is 0. The van der Waals surface area contributed by atoms with E-state index in [4.69, 9.17) is 0 Å². The predicted molar refractivity (Wildman–Crippen MR) is 42.3 cm³/mol. The smallest absolute Gasteiger partial charge is 0.657 e. The zero-order valence-corrected chi connectivity index (χ0v) is 12.7. The Morgan fingerprint density at radius 3 is 2.45 bits per heavy atom. The number of likely N-dealkylation sites (tertiary alicyclic amines) is 1. The van der Waals surface area contributed by atoms with Gasteiger partial charge in [0.15, 0.2) is 0 Å². The second kappa shape index (κ2) is 4.29. The minimum absolute atomic E-state index is 0. The van der Waals surface area contributed by atoms with E-state index in [9.17, 15) is 0 Å². The Morgan fingerprint density at radius 2 is 2.18 bits per heavy atom. The van der Waals surface area contributed by atoms with Crippen molar-refractivity contribution in [1.82, 2.24) is 4.90 Å². The summed E-state index contributed by atoms with van der Waals surface area (Å²) in [6.45, 7) is 6.88. The molecule has 2 nitrogen and oxygen atoms in total. The average molecular weight is 225 g/mol. The van der Waals surface area contributed by atoms with Crippen molar-refractivity contribution in [1.29, 1.82) is 0 Å². The molecule has 0 amide bonds. The minimum atomic E-state index is 0. The molecule has 2 atom stereocenters. The van der Waals surface area contributed by atoms with Crippen molar-refractivity contribution in [2.75, 3.05) is 13.1 Å². The van der Waals surface area contributed by atoms with Crippen LogP contribution in [0.4, 0.5) is 0 Å². The molecule has 2 unspecified atom stereocenters. The molecule has 0 aliphatic carbocycles. The number of hydrogen-bond donors (Lipinski definition) is 0. The van der Waals surface area contributed by atoms with Crippen molar-refractivity contribution in [2.24, 2.45) is 0 Å². The maximum Gasteiger partial charge on any atom is 1.00 e. The van der Waals surface area contributed by atoms with E-state index >= 15 is 0 Å². The van der Waals surface area contributed by atoms with Gasteiger partial charge < -0.3 is 10.2 Å². The minimum Gasteiger partial charge on any atom is -0.657 e. The first-order valence-corrected chi connectivity index (χ1v) is 4.19. The number of nitrogens with zero attached hydrogens (tertiary/aromatic N) is 2. The molecule has 2 bridgehead atoms. The second-order valence-corrected chi connectivity index (χ2v) is 3.70. The molecule has 3 heteroatoms. The van der Waals surface area contributed by atoms with Crippen LogP contribution in [0.1, 0.15) is 20.3 Å². The fraction of sp³-hybridized carbons (Fsp3) is 1.00. The largest absolute Gasteiger partial charge is 1.00 e. The van der Waals surface area contributed by atoms with E-state index in [1.807, 2.05) is 0 Å². The van der Waals surface area contributed by atoms with Crippen LogP contribution >= 0.6 is 0 Å². The maximum atomic E-state index is 4.49. The Kier molecular flexibility index (Phi) is 4.22. The van der Waals surface area contributed by atoms with Crippen molar-refractivity contribution in [2.45, 2.75) is 38.4 Å². The number of hydrogen-bond acceptors (Lipinski definition) is 1. The topological polar surface area (TPSA) is 17.3 Å². The van der Waals surface area contributed by atoms with Crippen LogP contribution in [-0.4, -0.2) is 36.1 Å². The summed E-state index contributed by atoms with van der Waals surface area (Å²) in [5, 5.41) is 4.49. The summed E-state index contributed by atoms with van der Waals surface area (Å²) >= 11 is 0. The predicted octanol–water partition coefficient (Wildman–Crippen LogP) is -1.77. The van der Waals surface area contributed by atoms with Gasteiger partial charge in [-0.05, 0) is 26.4 Å². The van der Waals surface area contributed by atoms with Gasteiger partial charge in [-0.1, -0.05) is 6.42 Å². The SMILES string of the molecule is CC(C)N1CC2CC1C[N-]2.[Rb+]. The van der Waals surface area contributed by atoms with E-state index in [1.165, 1.54) is 13.0 Å². The first-order chi connectivity index (χ1) is 4.77. The summed E-state index contributed by atoms with van der Waals surface area (Å²) in [4.78, 5) is 2.58. The first-order valence-electron chi connectivity index (χ1n) is 4.19. The molecule has 2 aliphatic heterocycles. The van der Waals surface area contributed by atoms with E-state index in [0.717, 1.165) is 18.6 Å². The second-order valence-electron chi connectivity index (χ2n) is 3.70. The third-order valence-corrected chi connectivity index (χ3v) is 2.67. The Labute approximate surface area is 118 Å².